The van der Waals surface area contributed by atoms with Gasteiger partial charge in [-0.15, -0.1) is 0 Å². The van der Waals surface area contributed by atoms with E-state index in [4.69, 9.17) is 4.74 Å². The second-order valence-electron chi connectivity index (χ2n) is 8.33. The van der Waals surface area contributed by atoms with E-state index < -0.39 is 27.7 Å². The summed E-state index contributed by atoms with van der Waals surface area (Å²) in [5, 5.41) is 0. The lowest BCUT2D eigenvalue weighted by Gasteiger charge is -2.34. The fraction of sp³-hybridized carbons (Fsp3) is 0.375. The van der Waals surface area contributed by atoms with Crippen LogP contribution in [-0.4, -0.2) is 31.4 Å². The Balaban J connectivity index is 1.78. The molecule has 6 nitrogen and oxygen atoms in total. The highest BCUT2D eigenvalue weighted by Gasteiger charge is 2.33. The quantitative estimate of drug-likeness (QED) is 0.542. The fourth-order valence-electron chi connectivity index (χ4n) is 3.85. The zero-order valence-corrected chi connectivity index (χ0v) is 19.1. The molecule has 0 radical (unpaired) electrons. The molecule has 1 saturated carbocycles. The van der Waals surface area contributed by atoms with Gasteiger partial charge in [-0.25, -0.2) is 17.2 Å². The number of rotatable bonds is 9. The molecule has 2 aromatic rings. The van der Waals surface area contributed by atoms with Crippen LogP contribution >= 0.6 is 0 Å². The first-order valence-electron chi connectivity index (χ1n) is 11.0. The van der Waals surface area contributed by atoms with Crippen molar-refractivity contribution in [2.75, 3.05) is 17.0 Å². The van der Waals surface area contributed by atoms with E-state index in [0.29, 0.717) is 24.1 Å². The normalized spacial score (nSPS) is 18.5. The van der Waals surface area contributed by atoms with Crippen molar-refractivity contribution in [3.63, 3.8) is 0 Å². The highest BCUT2D eigenvalue weighted by atomic mass is 32.2. The van der Waals surface area contributed by atoms with Crippen LogP contribution in [0, 0.1) is 17.6 Å². The van der Waals surface area contributed by atoms with Crippen molar-refractivity contribution < 1.29 is 26.7 Å². The first-order chi connectivity index (χ1) is 15.8. The van der Waals surface area contributed by atoms with Gasteiger partial charge in [0.25, 0.3) is 0 Å². The molecule has 1 aliphatic heterocycles. The van der Waals surface area contributed by atoms with Gasteiger partial charge in [-0.3, -0.25) is 9.52 Å². The summed E-state index contributed by atoms with van der Waals surface area (Å²) in [6, 6.07) is 6.95. The number of ether oxygens (including phenoxy) is 1. The lowest BCUT2D eigenvalue weighted by molar-refractivity contribution is -0.123. The van der Waals surface area contributed by atoms with Gasteiger partial charge in [-0.2, -0.15) is 0 Å². The molecule has 0 amide bonds. The molecular formula is C24H26F2N2O4S. The molecule has 4 rings (SSSR count). The molecule has 0 spiro atoms. The van der Waals surface area contributed by atoms with Crippen molar-refractivity contribution in [2.45, 2.75) is 38.6 Å². The third-order valence-corrected chi connectivity index (χ3v) is 7.13. The van der Waals surface area contributed by atoms with Gasteiger partial charge in [0.15, 0.2) is 23.1 Å². The predicted octanol–water partition coefficient (Wildman–Crippen LogP) is 5.15. The minimum Gasteiger partial charge on any atom is -0.452 e. The Bertz CT molecular complexity index is 1180. The molecule has 1 aliphatic carbocycles. The zero-order valence-electron chi connectivity index (χ0n) is 18.3. The largest absolute Gasteiger partial charge is 0.452 e. The number of Topliss-reactive ketones (excluding diaryl/α,β-unsaturated/α-hetero) is 1. The van der Waals surface area contributed by atoms with Crippen LogP contribution in [0.1, 0.15) is 44.2 Å². The number of nitrogens with zero attached hydrogens (tertiary/aromatic N) is 1. The average Bonchev–Trinajstić information content (AvgIpc) is 3.60. The van der Waals surface area contributed by atoms with Gasteiger partial charge in [0.05, 0.1) is 11.4 Å². The molecule has 1 unspecified atom stereocenters. The van der Waals surface area contributed by atoms with Crippen LogP contribution in [-0.2, 0) is 14.8 Å². The Labute approximate surface area is 192 Å². The van der Waals surface area contributed by atoms with E-state index in [2.05, 4.69) is 4.72 Å². The van der Waals surface area contributed by atoms with Crippen molar-refractivity contribution in [2.24, 2.45) is 5.92 Å². The summed E-state index contributed by atoms with van der Waals surface area (Å²) in [7, 11) is -3.69. The van der Waals surface area contributed by atoms with E-state index >= 15 is 0 Å². The molecule has 1 fully saturated rings. The number of para-hydroxylation sites is 1. The van der Waals surface area contributed by atoms with Crippen LogP contribution in [0.3, 0.4) is 0 Å². The SMILES string of the molecule is CCS(=O)(=O)Nc1cccc(C2C(=O)CC=CN2CCC2CC2)c1Oc1ccc(F)cc1F. The molecule has 33 heavy (non-hydrogen) atoms. The van der Waals surface area contributed by atoms with Gasteiger partial charge in [-0.1, -0.05) is 31.1 Å². The van der Waals surface area contributed by atoms with Gasteiger partial charge in [0, 0.05) is 24.6 Å². The Morgan fingerprint density at radius 1 is 1.18 bits per heavy atom. The van der Waals surface area contributed by atoms with Crippen molar-refractivity contribution in [1.82, 2.24) is 4.90 Å². The van der Waals surface area contributed by atoms with Crippen molar-refractivity contribution in [3.05, 3.63) is 65.9 Å². The van der Waals surface area contributed by atoms with Crippen molar-refractivity contribution in [3.8, 4) is 11.5 Å². The van der Waals surface area contributed by atoms with E-state index in [0.717, 1.165) is 18.6 Å². The maximum Gasteiger partial charge on any atom is 0.232 e. The summed E-state index contributed by atoms with van der Waals surface area (Å²) in [4.78, 5) is 14.9. The number of sulfonamides is 1. The second-order valence-corrected chi connectivity index (χ2v) is 10.3. The number of ketones is 1. The van der Waals surface area contributed by atoms with E-state index in [1.165, 1.54) is 25.8 Å². The van der Waals surface area contributed by atoms with Gasteiger partial charge in [-0.05, 0) is 43.7 Å². The standard InChI is InChI=1S/C24H26F2N2O4S/c1-2-33(30,31)27-20-6-3-5-18(24(20)32-22-11-10-17(25)15-19(22)26)23-21(29)7-4-13-28(23)14-12-16-8-9-16/h3-6,10-11,13,15-16,23,27H,2,7-9,12,14H2,1H3. The molecule has 9 heteroatoms. The number of benzene rings is 2. The van der Waals surface area contributed by atoms with Crippen LogP contribution in [0.5, 0.6) is 11.5 Å². The van der Waals surface area contributed by atoms with E-state index in [1.54, 1.807) is 18.2 Å². The maximum atomic E-state index is 14.4. The highest BCUT2D eigenvalue weighted by Crippen LogP contribution is 2.42. The van der Waals surface area contributed by atoms with E-state index in [9.17, 15) is 22.0 Å². The smallest absolute Gasteiger partial charge is 0.232 e. The Morgan fingerprint density at radius 2 is 1.97 bits per heavy atom. The molecule has 0 bridgehead atoms. The van der Waals surface area contributed by atoms with Gasteiger partial charge in [0.1, 0.15) is 11.9 Å². The van der Waals surface area contributed by atoms with Gasteiger partial charge < -0.3 is 9.64 Å². The molecule has 1 atom stereocenters. The second kappa shape index (κ2) is 9.51. The number of nitrogens with one attached hydrogen (secondary N) is 1. The molecule has 2 aromatic carbocycles. The molecule has 176 valence electrons. The van der Waals surface area contributed by atoms with Crippen LogP contribution in [0.25, 0.3) is 0 Å². The number of halogens is 2. The minimum absolute atomic E-state index is 0.0186. The molecule has 0 aromatic heterocycles. The highest BCUT2D eigenvalue weighted by molar-refractivity contribution is 7.92. The number of hydrogen-bond donors (Lipinski definition) is 1. The summed E-state index contributed by atoms with van der Waals surface area (Å²) in [6.45, 7) is 2.15. The Morgan fingerprint density at radius 3 is 2.67 bits per heavy atom. The predicted molar refractivity (Wildman–Crippen MR) is 122 cm³/mol. The van der Waals surface area contributed by atoms with Crippen LogP contribution in [0.15, 0.2) is 48.7 Å². The summed E-state index contributed by atoms with van der Waals surface area (Å²) in [5.41, 5.74) is 0.503. The van der Waals surface area contributed by atoms with E-state index in [-0.39, 0.29) is 35.1 Å². The monoisotopic (exact) mass is 476 g/mol. The first kappa shape index (κ1) is 23.2. The lowest BCUT2D eigenvalue weighted by atomic mass is 9.95. The number of carbonyl (C=O) groups is 1. The molecule has 0 saturated heterocycles. The maximum absolute atomic E-state index is 14.4. The number of anilines is 1. The summed E-state index contributed by atoms with van der Waals surface area (Å²) >= 11 is 0. The first-order valence-corrected chi connectivity index (χ1v) is 12.6. The third kappa shape index (κ3) is 5.52. The molecule has 2 aliphatic rings. The van der Waals surface area contributed by atoms with Crippen LogP contribution < -0.4 is 9.46 Å². The molecule has 1 N–H and O–H groups in total. The van der Waals surface area contributed by atoms with Gasteiger partial charge >= 0.3 is 0 Å². The van der Waals surface area contributed by atoms with Crippen molar-refractivity contribution >= 4 is 21.5 Å². The topological polar surface area (TPSA) is 75.7 Å². The van der Waals surface area contributed by atoms with E-state index in [1.807, 2.05) is 11.1 Å². The minimum atomic E-state index is -3.69. The Kier molecular flexibility index (Phi) is 6.69. The number of carbonyl (C=O) groups excluding carboxylic acids is 1. The summed E-state index contributed by atoms with van der Waals surface area (Å²) in [5.74, 6) is -1.56. The zero-order chi connectivity index (χ0) is 23.6. The number of allylic oxidation sites excluding steroid dienone is 1. The molecule has 1 heterocycles. The van der Waals surface area contributed by atoms with Crippen LogP contribution in [0.2, 0.25) is 0 Å². The Hall–Kier alpha value is -2.94. The molecular weight excluding hydrogens is 450 g/mol. The fourth-order valence-corrected chi connectivity index (χ4v) is 4.49. The third-order valence-electron chi connectivity index (χ3n) is 5.84. The van der Waals surface area contributed by atoms with Crippen molar-refractivity contribution in [1.29, 1.82) is 0 Å². The lowest BCUT2D eigenvalue weighted by Crippen LogP contribution is -2.34. The number of hydrogen-bond acceptors (Lipinski definition) is 5. The van der Waals surface area contributed by atoms with Crippen LogP contribution in [0.4, 0.5) is 14.5 Å². The summed E-state index contributed by atoms with van der Waals surface area (Å²) < 4.78 is 60.7. The average molecular weight is 477 g/mol. The van der Waals surface area contributed by atoms with Gasteiger partial charge in [0.2, 0.25) is 10.0 Å². The summed E-state index contributed by atoms with van der Waals surface area (Å²) in [6.07, 6.45) is 7.21.